The summed E-state index contributed by atoms with van der Waals surface area (Å²) in [4.78, 5) is 0. The first kappa shape index (κ1) is 13.7. The minimum absolute atomic E-state index is 0.152. The van der Waals surface area contributed by atoms with Crippen molar-refractivity contribution in [2.24, 2.45) is 5.41 Å². The predicted octanol–water partition coefficient (Wildman–Crippen LogP) is 4.10. The largest absolute Gasteiger partial charge is 0.506 e. The molecule has 0 bridgehead atoms. The van der Waals surface area contributed by atoms with E-state index < -0.39 is 0 Å². The van der Waals surface area contributed by atoms with Crippen LogP contribution in [0.2, 0.25) is 5.02 Å². The molecular weight excluding hydrogens is 246 g/mol. The van der Waals surface area contributed by atoms with Crippen molar-refractivity contribution in [3.63, 3.8) is 0 Å². The third kappa shape index (κ3) is 3.63. The number of aromatic hydroxyl groups is 1. The second kappa shape index (κ2) is 5.50. The van der Waals surface area contributed by atoms with Gasteiger partial charge in [0.25, 0.3) is 0 Å². The molecule has 1 aliphatic carbocycles. The first-order valence-corrected chi connectivity index (χ1v) is 7.05. The summed E-state index contributed by atoms with van der Waals surface area (Å²) in [5.41, 5.74) is 1.59. The van der Waals surface area contributed by atoms with Crippen molar-refractivity contribution in [2.75, 3.05) is 0 Å². The Bertz CT molecular complexity index is 417. The molecule has 1 aromatic rings. The van der Waals surface area contributed by atoms with Gasteiger partial charge in [-0.25, -0.2) is 0 Å². The molecule has 1 saturated carbocycles. The lowest BCUT2D eigenvalue weighted by Crippen LogP contribution is -2.36. The molecule has 0 radical (unpaired) electrons. The molecule has 0 spiro atoms. The molecule has 1 aromatic carbocycles. The normalized spacial score (nSPS) is 22.9. The lowest BCUT2D eigenvalue weighted by atomic mass is 9.75. The van der Waals surface area contributed by atoms with Crippen LogP contribution >= 0.6 is 11.6 Å². The van der Waals surface area contributed by atoms with Crippen molar-refractivity contribution in [2.45, 2.75) is 52.1 Å². The van der Waals surface area contributed by atoms with E-state index in [2.05, 4.69) is 19.2 Å². The third-order valence-electron chi connectivity index (χ3n) is 3.81. The molecule has 2 rings (SSSR count). The van der Waals surface area contributed by atoms with Gasteiger partial charge in [0, 0.05) is 12.6 Å². The second-order valence-corrected chi connectivity index (χ2v) is 6.53. The SMILES string of the molecule is CC1(C)CCCC(NCc2ccc(O)c(Cl)c2)C1. The van der Waals surface area contributed by atoms with Crippen LogP contribution in [0.25, 0.3) is 0 Å². The Morgan fingerprint density at radius 3 is 2.89 bits per heavy atom. The zero-order chi connectivity index (χ0) is 13.2. The molecule has 1 unspecified atom stereocenters. The molecule has 3 heteroatoms. The minimum Gasteiger partial charge on any atom is -0.506 e. The van der Waals surface area contributed by atoms with Crippen LogP contribution in [0.1, 0.15) is 45.1 Å². The zero-order valence-electron chi connectivity index (χ0n) is 11.2. The van der Waals surface area contributed by atoms with Crippen LogP contribution in [-0.4, -0.2) is 11.1 Å². The molecule has 0 saturated heterocycles. The molecule has 2 nitrogen and oxygen atoms in total. The summed E-state index contributed by atoms with van der Waals surface area (Å²) in [5.74, 6) is 0.152. The van der Waals surface area contributed by atoms with Gasteiger partial charge in [0.05, 0.1) is 5.02 Å². The Morgan fingerprint density at radius 1 is 1.44 bits per heavy atom. The molecule has 1 aliphatic rings. The van der Waals surface area contributed by atoms with Crippen LogP contribution < -0.4 is 5.32 Å². The molecule has 0 heterocycles. The maximum absolute atomic E-state index is 9.38. The Kier molecular flexibility index (Phi) is 4.18. The van der Waals surface area contributed by atoms with E-state index in [9.17, 15) is 5.11 Å². The van der Waals surface area contributed by atoms with Gasteiger partial charge in [-0.1, -0.05) is 37.9 Å². The molecule has 1 atom stereocenters. The van der Waals surface area contributed by atoms with E-state index in [0.29, 0.717) is 16.5 Å². The summed E-state index contributed by atoms with van der Waals surface area (Å²) in [6, 6.07) is 6.01. The van der Waals surface area contributed by atoms with Crippen LogP contribution in [-0.2, 0) is 6.54 Å². The topological polar surface area (TPSA) is 32.3 Å². The Balaban J connectivity index is 1.89. The van der Waals surface area contributed by atoms with E-state index in [1.807, 2.05) is 12.1 Å². The van der Waals surface area contributed by atoms with E-state index in [4.69, 9.17) is 11.6 Å². The van der Waals surface area contributed by atoms with Crippen molar-refractivity contribution in [1.29, 1.82) is 0 Å². The summed E-state index contributed by atoms with van der Waals surface area (Å²) in [6.45, 7) is 5.51. The molecule has 0 aromatic heterocycles. The van der Waals surface area contributed by atoms with Crippen LogP contribution in [0.15, 0.2) is 18.2 Å². The molecule has 1 fully saturated rings. The summed E-state index contributed by atoms with van der Waals surface area (Å²) in [7, 11) is 0. The Morgan fingerprint density at radius 2 is 2.22 bits per heavy atom. The molecule has 18 heavy (non-hydrogen) atoms. The first-order chi connectivity index (χ1) is 8.46. The van der Waals surface area contributed by atoms with Gasteiger partial charge in [-0.05, 0) is 42.4 Å². The van der Waals surface area contributed by atoms with Gasteiger partial charge in [0.15, 0.2) is 0 Å². The van der Waals surface area contributed by atoms with E-state index in [0.717, 1.165) is 12.1 Å². The standard InChI is InChI=1S/C15H22ClNO/c1-15(2)7-3-4-12(9-15)17-10-11-5-6-14(18)13(16)8-11/h5-6,8,12,17-18H,3-4,7,9-10H2,1-2H3. The van der Waals surface area contributed by atoms with Crippen molar-refractivity contribution in [3.8, 4) is 5.75 Å². The Labute approximate surface area is 114 Å². The van der Waals surface area contributed by atoms with E-state index >= 15 is 0 Å². The fraction of sp³-hybridized carbons (Fsp3) is 0.600. The monoisotopic (exact) mass is 267 g/mol. The van der Waals surface area contributed by atoms with Gasteiger partial charge in [-0.15, -0.1) is 0 Å². The minimum atomic E-state index is 0.152. The third-order valence-corrected chi connectivity index (χ3v) is 4.11. The summed E-state index contributed by atoms with van der Waals surface area (Å²) in [6.07, 6.45) is 5.13. The number of hydrogen-bond donors (Lipinski definition) is 2. The van der Waals surface area contributed by atoms with Crippen LogP contribution in [0, 0.1) is 5.41 Å². The van der Waals surface area contributed by atoms with E-state index in [1.165, 1.54) is 25.7 Å². The van der Waals surface area contributed by atoms with Gasteiger partial charge >= 0.3 is 0 Å². The fourth-order valence-electron chi connectivity index (χ4n) is 2.79. The van der Waals surface area contributed by atoms with Gasteiger partial charge in [-0.2, -0.15) is 0 Å². The zero-order valence-corrected chi connectivity index (χ0v) is 11.9. The smallest absolute Gasteiger partial charge is 0.134 e. The number of phenolic OH excluding ortho intramolecular Hbond substituents is 1. The van der Waals surface area contributed by atoms with E-state index in [-0.39, 0.29) is 5.75 Å². The Hall–Kier alpha value is -0.730. The summed E-state index contributed by atoms with van der Waals surface area (Å²) in [5, 5.41) is 13.4. The number of hydrogen-bond acceptors (Lipinski definition) is 2. The average molecular weight is 268 g/mol. The molecule has 2 N–H and O–H groups in total. The van der Waals surface area contributed by atoms with Gasteiger partial charge in [-0.3, -0.25) is 0 Å². The molecule has 0 amide bonds. The number of benzene rings is 1. The lowest BCUT2D eigenvalue weighted by molar-refractivity contribution is 0.198. The highest BCUT2D eigenvalue weighted by Crippen LogP contribution is 2.35. The van der Waals surface area contributed by atoms with Crippen molar-refractivity contribution in [1.82, 2.24) is 5.32 Å². The van der Waals surface area contributed by atoms with E-state index in [1.54, 1.807) is 6.07 Å². The maximum atomic E-state index is 9.38. The first-order valence-electron chi connectivity index (χ1n) is 6.67. The van der Waals surface area contributed by atoms with Gasteiger partial charge in [0.2, 0.25) is 0 Å². The lowest BCUT2D eigenvalue weighted by Gasteiger charge is -2.35. The molecular formula is C15H22ClNO. The molecule has 0 aliphatic heterocycles. The van der Waals surface area contributed by atoms with Crippen molar-refractivity contribution >= 4 is 11.6 Å². The second-order valence-electron chi connectivity index (χ2n) is 6.12. The van der Waals surface area contributed by atoms with Gasteiger partial charge in [0.1, 0.15) is 5.75 Å². The summed E-state index contributed by atoms with van der Waals surface area (Å²) < 4.78 is 0. The number of halogens is 1. The highest BCUT2D eigenvalue weighted by molar-refractivity contribution is 6.32. The maximum Gasteiger partial charge on any atom is 0.134 e. The fourth-order valence-corrected chi connectivity index (χ4v) is 3.00. The van der Waals surface area contributed by atoms with Crippen LogP contribution in [0.5, 0.6) is 5.75 Å². The number of phenols is 1. The van der Waals surface area contributed by atoms with Crippen molar-refractivity contribution in [3.05, 3.63) is 28.8 Å². The van der Waals surface area contributed by atoms with Crippen LogP contribution in [0.4, 0.5) is 0 Å². The predicted molar refractivity (Wildman–Crippen MR) is 76.0 cm³/mol. The number of nitrogens with one attached hydrogen (secondary N) is 1. The number of rotatable bonds is 3. The molecule has 100 valence electrons. The van der Waals surface area contributed by atoms with Crippen molar-refractivity contribution < 1.29 is 5.11 Å². The highest BCUT2D eigenvalue weighted by Gasteiger charge is 2.27. The quantitative estimate of drug-likeness (QED) is 0.864. The average Bonchev–Trinajstić information content (AvgIpc) is 2.29. The van der Waals surface area contributed by atoms with Crippen LogP contribution in [0.3, 0.4) is 0 Å². The highest BCUT2D eigenvalue weighted by atomic mass is 35.5. The van der Waals surface area contributed by atoms with Gasteiger partial charge < -0.3 is 10.4 Å². The summed E-state index contributed by atoms with van der Waals surface area (Å²) >= 11 is 5.90.